The van der Waals surface area contributed by atoms with Gasteiger partial charge in [-0.3, -0.25) is 9.78 Å². The molecule has 25 heavy (non-hydrogen) atoms. The van der Waals surface area contributed by atoms with Crippen LogP contribution in [0.25, 0.3) is 5.57 Å². The van der Waals surface area contributed by atoms with Crippen molar-refractivity contribution in [1.29, 1.82) is 0 Å². The van der Waals surface area contributed by atoms with Gasteiger partial charge in [0.25, 0.3) is 5.91 Å². The van der Waals surface area contributed by atoms with Gasteiger partial charge in [0.1, 0.15) is 0 Å². The number of benzene rings is 1. The van der Waals surface area contributed by atoms with Crippen molar-refractivity contribution in [3.63, 3.8) is 0 Å². The summed E-state index contributed by atoms with van der Waals surface area (Å²) in [5, 5.41) is 6.35. The molecule has 0 radical (unpaired) electrons. The first kappa shape index (κ1) is 17.4. The molecule has 1 aliphatic heterocycles. The number of amides is 1. The van der Waals surface area contributed by atoms with Crippen LogP contribution in [0.5, 0.6) is 0 Å². The summed E-state index contributed by atoms with van der Waals surface area (Å²) in [6.45, 7) is 8.55. The number of carbonyl (C=O) groups is 1. The molecule has 0 atom stereocenters. The van der Waals surface area contributed by atoms with Gasteiger partial charge in [0.2, 0.25) is 0 Å². The lowest BCUT2D eigenvalue weighted by Gasteiger charge is -2.26. The van der Waals surface area contributed by atoms with Crippen LogP contribution in [0.15, 0.2) is 48.8 Å². The topological polar surface area (TPSA) is 54.0 Å². The summed E-state index contributed by atoms with van der Waals surface area (Å²) in [6, 6.07) is 9.76. The average Bonchev–Trinajstić information content (AvgIpc) is 2.62. The number of nitrogens with zero attached hydrogens (tertiary/aromatic N) is 1. The smallest absolute Gasteiger partial charge is 0.257 e. The Bertz CT molecular complexity index is 789. The maximum absolute atomic E-state index is 12.4. The second kappa shape index (κ2) is 7.19. The minimum atomic E-state index is -0.137. The molecule has 4 nitrogen and oxygen atoms in total. The summed E-state index contributed by atoms with van der Waals surface area (Å²) >= 11 is 0. The highest BCUT2D eigenvalue weighted by Crippen LogP contribution is 2.34. The van der Waals surface area contributed by atoms with Gasteiger partial charge in [0.05, 0.1) is 5.56 Å². The lowest BCUT2D eigenvalue weighted by atomic mass is 9.80. The van der Waals surface area contributed by atoms with E-state index < -0.39 is 0 Å². The maximum Gasteiger partial charge on any atom is 0.257 e. The molecule has 0 bridgehead atoms. The van der Waals surface area contributed by atoms with Crippen LogP contribution in [0.1, 0.15) is 48.7 Å². The predicted octanol–water partition coefficient (Wildman–Crippen LogP) is 4.01. The van der Waals surface area contributed by atoms with Crippen LogP contribution < -0.4 is 10.6 Å². The number of carbonyl (C=O) groups excluding carboxylic acids is 1. The third kappa shape index (κ3) is 4.15. The van der Waals surface area contributed by atoms with Crippen LogP contribution in [0, 0.1) is 0 Å². The summed E-state index contributed by atoms with van der Waals surface area (Å²) in [6.07, 6.45) is 6.50. The van der Waals surface area contributed by atoms with Crippen molar-refractivity contribution >= 4 is 17.2 Å². The van der Waals surface area contributed by atoms with E-state index in [0.29, 0.717) is 5.56 Å². The van der Waals surface area contributed by atoms with Crippen LogP contribution in [0.2, 0.25) is 0 Å². The summed E-state index contributed by atoms with van der Waals surface area (Å²) in [5.41, 5.74) is 5.31. The van der Waals surface area contributed by atoms with Gasteiger partial charge in [-0.15, -0.1) is 0 Å². The van der Waals surface area contributed by atoms with Crippen LogP contribution in [-0.2, 0) is 5.41 Å². The van der Waals surface area contributed by atoms with E-state index in [4.69, 9.17) is 0 Å². The quantitative estimate of drug-likeness (QED) is 0.891. The number of anilines is 1. The van der Waals surface area contributed by atoms with Gasteiger partial charge in [-0.25, -0.2) is 0 Å². The highest BCUT2D eigenvalue weighted by atomic mass is 16.1. The lowest BCUT2D eigenvalue weighted by Crippen LogP contribution is -2.22. The Kier molecular flexibility index (Phi) is 5.00. The number of hydrogen-bond acceptors (Lipinski definition) is 3. The molecule has 2 heterocycles. The Labute approximate surface area is 149 Å². The van der Waals surface area contributed by atoms with Crippen LogP contribution in [0.3, 0.4) is 0 Å². The van der Waals surface area contributed by atoms with Gasteiger partial charge in [-0.2, -0.15) is 0 Å². The molecule has 1 aliphatic rings. The van der Waals surface area contributed by atoms with Gasteiger partial charge in [0.15, 0.2) is 0 Å². The van der Waals surface area contributed by atoms with Crippen molar-refractivity contribution in [2.75, 3.05) is 18.4 Å². The van der Waals surface area contributed by atoms with Crippen LogP contribution in [-0.4, -0.2) is 24.0 Å². The first-order valence-corrected chi connectivity index (χ1v) is 8.71. The fourth-order valence-corrected chi connectivity index (χ4v) is 3.11. The fraction of sp³-hybridized carbons (Fsp3) is 0.333. The molecule has 0 fully saturated rings. The molecule has 0 aliphatic carbocycles. The van der Waals surface area contributed by atoms with E-state index >= 15 is 0 Å². The van der Waals surface area contributed by atoms with Crippen molar-refractivity contribution in [1.82, 2.24) is 10.3 Å². The Balaban J connectivity index is 1.94. The molecule has 0 saturated carbocycles. The first-order chi connectivity index (χ1) is 11.9. The third-order valence-corrected chi connectivity index (χ3v) is 4.42. The summed E-state index contributed by atoms with van der Waals surface area (Å²) in [5.74, 6) is -0.137. The summed E-state index contributed by atoms with van der Waals surface area (Å²) in [4.78, 5) is 16.4. The summed E-state index contributed by atoms with van der Waals surface area (Å²) in [7, 11) is 0. The highest BCUT2D eigenvalue weighted by Gasteiger charge is 2.21. The van der Waals surface area contributed by atoms with Gasteiger partial charge in [0, 0.05) is 24.6 Å². The Morgan fingerprint density at radius 3 is 2.72 bits per heavy atom. The zero-order chi connectivity index (χ0) is 17.9. The molecule has 4 heteroatoms. The number of rotatable bonds is 3. The van der Waals surface area contributed by atoms with E-state index in [1.807, 2.05) is 6.07 Å². The second-order valence-corrected chi connectivity index (χ2v) is 7.39. The summed E-state index contributed by atoms with van der Waals surface area (Å²) < 4.78 is 0. The average molecular weight is 335 g/mol. The molecule has 1 amide bonds. The molecule has 0 unspecified atom stereocenters. The van der Waals surface area contributed by atoms with Crippen molar-refractivity contribution in [2.24, 2.45) is 0 Å². The number of pyridine rings is 1. The highest BCUT2D eigenvalue weighted by molar-refractivity contribution is 6.04. The molecule has 0 spiro atoms. The monoisotopic (exact) mass is 335 g/mol. The van der Waals surface area contributed by atoms with E-state index in [-0.39, 0.29) is 11.3 Å². The van der Waals surface area contributed by atoms with E-state index in [1.165, 1.54) is 16.7 Å². The molecule has 0 saturated heterocycles. The molecule has 3 rings (SSSR count). The van der Waals surface area contributed by atoms with Gasteiger partial charge in [-0.1, -0.05) is 32.9 Å². The third-order valence-electron chi connectivity index (χ3n) is 4.42. The molecule has 2 aromatic rings. The number of hydrogen-bond donors (Lipinski definition) is 2. The minimum absolute atomic E-state index is 0.0485. The molecule has 1 aromatic heterocycles. The maximum atomic E-state index is 12.4. The van der Waals surface area contributed by atoms with E-state index in [2.05, 4.69) is 54.6 Å². The van der Waals surface area contributed by atoms with Gasteiger partial charge < -0.3 is 10.6 Å². The molecular formula is C21H25N3O. The van der Waals surface area contributed by atoms with E-state index in [9.17, 15) is 4.79 Å². The Morgan fingerprint density at radius 1 is 1.24 bits per heavy atom. The SMILES string of the molecule is CC(C)(C)c1ccc(NC(=O)c2cccnc2)cc1C1=CCNCC1. The van der Waals surface area contributed by atoms with Crippen LogP contribution >= 0.6 is 0 Å². The van der Waals surface area contributed by atoms with E-state index in [0.717, 1.165) is 25.2 Å². The fourth-order valence-electron chi connectivity index (χ4n) is 3.11. The molecule has 2 N–H and O–H groups in total. The zero-order valence-corrected chi connectivity index (χ0v) is 15.1. The van der Waals surface area contributed by atoms with Crippen molar-refractivity contribution in [3.8, 4) is 0 Å². The number of aromatic nitrogens is 1. The Hall–Kier alpha value is -2.46. The van der Waals surface area contributed by atoms with Crippen molar-refractivity contribution in [3.05, 3.63) is 65.5 Å². The first-order valence-electron chi connectivity index (χ1n) is 8.71. The molecule has 1 aromatic carbocycles. The normalized spacial score (nSPS) is 14.8. The van der Waals surface area contributed by atoms with Crippen molar-refractivity contribution in [2.45, 2.75) is 32.6 Å². The zero-order valence-electron chi connectivity index (χ0n) is 15.1. The minimum Gasteiger partial charge on any atom is -0.322 e. The Morgan fingerprint density at radius 2 is 2.08 bits per heavy atom. The standard InChI is InChI=1S/C21H25N3O/c1-21(2,3)19-7-6-17(13-18(19)15-8-11-22-12-9-15)24-20(25)16-5-4-10-23-14-16/h4-8,10,13-14,22H,9,11-12H2,1-3H3,(H,24,25). The van der Waals surface area contributed by atoms with E-state index in [1.54, 1.807) is 24.5 Å². The van der Waals surface area contributed by atoms with Crippen molar-refractivity contribution < 1.29 is 4.79 Å². The second-order valence-electron chi connectivity index (χ2n) is 7.39. The number of nitrogens with one attached hydrogen (secondary N) is 2. The largest absolute Gasteiger partial charge is 0.322 e. The lowest BCUT2D eigenvalue weighted by molar-refractivity contribution is 0.102. The predicted molar refractivity (Wildman–Crippen MR) is 103 cm³/mol. The van der Waals surface area contributed by atoms with Crippen LogP contribution in [0.4, 0.5) is 5.69 Å². The van der Waals surface area contributed by atoms with Gasteiger partial charge in [-0.05, 0) is 59.3 Å². The molecular weight excluding hydrogens is 310 g/mol. The molecule has 130 valence electrons. The van der Waals surface area contributed by atoms with Gasteiger partial charge >= 0.3 is 0 Å².